The van der Waals surface area contributed by atoms with E-state index in [9.17, 15) is 14.0 Å². The maximum atomic E-state index is 12.9. The summed E-state index contributed by atoms with van der Waals surface area (Å²) in [6.45, 7) is 2.31. The van der Waals surface area contributed by atoms with Gasteiger partial charge >= 0.3 is 5.69 Å². The van der Waals surface area contributed by atoms with Gasteiger partial charge in [-0.05, 0) is 24.6 Å². The number of aromatic nitrogens is 4. The van der Waals surface area contributed by atoms with Crippen LogP contribution in [0.3, 0.4) is 0 Å². The Labute approximate surface area is 135 Å². The number of rotatable bonds is 4. The summed E-state index contributed by atoms with van der Waals surface area (Å²) in [4.78, 5) is 30.2. The molecular formula is C15H15FN6O2. The van der Waals surface area contributed by atoms with Gasteiger partial charge in [0, 0.05) is 13.6 Å². The Bertz CT molecular complexity index is 1030. The fraction of sp³-hybridized carbons (Fsp3) is 0.200. The molecule has 0 spiro atoms. The Morgan fingerprint density at radius 3 is 2.71 bits per heavy atom. The maximum absolute atomic E-state index is 12.9. The first-order chi connectivity index (χ1) is 11.5. The van der Waals surface area contributed by atoms with E-state index in [2.05, 4.69) is 20.5 Å². The fourth-order valence-corrected chi connectivity index (χ4v) is 2.34. The van der Waals surface area contributed by atoms with Crippen molar-refractivity contribution >= 4 is 23.3 Å². The minimum atomic E-state index is -0.533. The summed E-state index contributed by atoms with van der Waals surface area (Å²) < 4.78 is 15.7. The van der Waals surface area contributed by atoms with Gasteiger partial charge in [0.2, 0.25) is 5.95 Å². The van der Waals surface area contributed by atoms with E-state index in [1.54, 1.807) is 16.7 Å². The number of aryl methyl sites for hydroxylation is 2. The van der Waals surface area contributed by atoms with Crippen LogP contribution in [0.25, 0.3) is 11.2 Å². The number of H-pyrrole nitrogens is 1. The quantitative estimate of drug-likeness (QED) is 0.551. The summed E-state index contributed by atoms with van der Waals surface area (Å²) in [6, 6.07) is 5.82. The molecule has 0 amide bonds. The Morgan fingerprint density at radius 1 is 1.33 bits per heavy atom. The Morgan fingerprint density at radius 2 is 2.04 bits per heavy atom. The molecular weight excluding hydrogens is 315 g/mol. The van der Waals surface area contributed by atoms with Crippen LogP contribution in [0.5, 0.6) is 0 Å². The lowest BCUT2D eigenvalue weighted by molar-refractivity contribution is 0.628. The molecule has 3 aromatic rings. The number of nitrogens with one attached hydrogen (secondary N) is 2. The Balaban J connectivity index is 1.99. The molecule has 8 nitrogen and oxygen atoms in total. The molecule has 0 aliphatic heterocycles. The van der Waals surface area contributed by atoms with E-state index in [1.165, 1.54) is 30.0 Å². The summed E-state index contributed by atoms with van der Waals surface area (Å²) in [5, 5.41) is 4.05. The van der Waals surface area contributed by atoms with Gasteiger partial charge in [0.1, 0.15) is 5.82 Å². The zero-order valence-corrected chi connectivity index (χ0v) is 13.1. The number of aromatic amines is 1. The third-order valence-corrected chi connectivity index (χ3v) is 3.57. The van der Waals surface area contributed by atoms with Crippen LogP contribution >= 0.6 is 0 Å². The molecule has 0 bridgehead atoms. The van der Waals surface area contributed by atoms with E-state index in [0.717, 1.165) is 0 Å². The highest BCUT2D eigenvalue weighted by atomic mass is 19.1. The summed E-state index contributed by atoms with van der Waals surface area (Å²) in [5.41, 5.74) is 2.98. The fourth-order valence-electron chi connectivity index (χ4n) is 2.34. The number of benzene rings is 1. The average Bonchev–Trinajstić information content (AvgIpc) is 2.94. The molecule has 0 radical (unpaired) electrons. The van der Waals surface area contributed by atoms with Gasteiger partial charge in [-0.25, -0.2) is 14.6 Å². The molecule has 0 aliphatic carbocycles. The minimum absolute atomic E-state index is 0.269. The predicted octanol–water partition coefficient (Wildman–Crippen LogP) is 1.03. The van der Waals surface area contributed by atoms with Crippen LogP contribution in [0.15, 0.2) is 39.0 Å². The molecule has 2 heterocycles. The van der Waals surface area contributed by atoms with Crippen LogP contribution in [0.2, 0.25) is 0 Å². The number of imidazole rings is 1. The second-order valence-corrected chi connectivity index (χ2v) is 5.09. The Kier molecular flexibility index (Phi) is 3.98. The highest BCUT2D eigenvalue weighted by molar-refractivity contribution is 5.80. The van der Waals surface area contributed by atoms with Crippen molar-refractivity contribution in [1.29, 1.82) is 0 Å². The molecule has 24 heavy (non-hydrogen) atoms. The molecule has 0 atom stereocenters. The molecule has 0 aliphatic rings. The lowest BCUT2D eigenvalue weighted by atomic mass is 10.2. The van der Waals surface area contributed by atoms with E-state index in [-0.39, 0.29) is 11.5 Å². The van der Waals surface area contributed by atoms with Gasteiger partial charge in [-0.2, -0.15) is 10.1 Å². The zero-order valence-electron chi connectivity index (χ0n) is 13.1. The van der Waals surface area contributed by atoms with Crippen molar-refractivity contribution in [1.82, 2.24) is 19.1 Å². The van der Waals surface area contributed by atoms with Crippen LogP contribution in [-0.2, 0) is 13.6 Å². The van der Waals surface area contributed by atoms with Crippen LogP contribution < -0.4 is 16.7 Å². The van der Waals surface area contributed by atoms with E-state index < -0.39 is 11.2 Å². The third kappa shape index (κ3) is 2.71. The topological polar surface area (TPSA) is 97.1 Å². The summed E-state index contributed by atoms with van der Waals surface area (Å²) in [7, 11) is 1.53. The lowest BCUT2D eigenvalue weighted by Crippen LogP contribution is -2.29. The van der Waals surface area contributed by atoms with Crippen molar-refractivity contribution in [2.24, 2.45) is 12.1 Å². The van der Waals surface area contributed by atoms with E-state index in [0.29, 0.717) is 23.6 Å². The molecule has 1 aromatic carbocycles. The highest BCUT2D eigenvalue weighted by Crippen LogP contribution is 2.14. The first kappa shape index (κ1) is 15.7. The van der Waals surface area contributed by atoms with Gasteiger partial charge in [-0.15, -0.1) is 0 Å². The maximum Gasteiger partial charge on any atom is 0.329 e. The van der Waals surface area contributed by atoms with Gasteiger partial charge in [0.05, 0.1) is 6.21 Å². The van der Waals surface area contributed by atoms with Crippen LogP contribution in [0, 0.1) is 5.82 Å². The molecule has 3 rings (SSSR count). The number of anilines is 1. The van der Waals surface area contributed by atoms with Crippen molar-refractivity contribution in [3.63, 3.8) is 0 Å². The molecule has 0 saturated heterocycles. The lowest BCUT2D eigenvalue weighted by Gasteiger charge is -2.03. The molecule has 0 saturated carbocycles. The molecule has 2 aromatic heterocycles. The van der Waals surface area contributed by atoms with Crippen LogP contribution in [0.1, 0.15) is 12.5 Å². The van der Waals surface area contributed by atoms with Crippen LogP contribution in [0.4, 0.5) is 10.3 Å². The number of hydrogen-bond acceptors (Lipinski definition) is 5. The largest absolute Gasteiger partial charge is 0.329 e. The summed E-state index contributed by atoms with van der Waals surface area (Å²) in [5.74, 6) is 0.00517. The zero-order chi connectivity index (χ0) is 17.3. The van der Waals surface area contributed by atoms with Crippen molar-refractivity contribution in [2.75, 3.05) is 5.43 Å². The second kappa shape index (κ2) is 6.11. The smallest absolute Gasteiger partial charge is 0.303 e. The monoisotopic (exact) mass is 330 g/mol. The standard InChI is InChI=1S/C15H15FN6O2/c1-3-22-11-12(21(2)15(24)19-13(11)23)18-14(22)20-17-8-9-4-6-10(16)7-5-9/h4-8H,3H2,1-2H3,(H,18,20)(H,19,23,24)/b17-8-. The average molecular weight is 330 g/mol. The molecule has 2 N–H and O–H groups in total. The highest BCUT2D eigenvalue weighted by Gasteiger charge is 2.15. The van der Waals surface area contributed by atoms with Gasteiger partial charge < -0.3 is 4.57 Å². The summed E-state index contributed by atoms with van der Waals surface area (Å²) >= 11 is 0. The van der Waals surface area contributed by atoms with E-state index in [1.807, 2.05) is 6.92 Å². The molecule has 0 unspecified atom stereocenters. The van der Waals surface area contributed by atoms with Crippen molar-refractivity contribution in [2.45, 2.75) is 13.5 Å². The minimum Gasteiger partial charge on any atom is -0.303 e. The van der Waals surface area contributed by atoms with Gasteiger partial charge in [-0.3, -0.25) is 14.3 Å². The molecule has 9 heteroatoms. The van der Waals surface area contributed by atoms with E-state index in [4.69, 9.17) is 0 Å². The van der Waals surface area contributed by atoms with Gasteiger partial charge in [0.15, 0.2) is 11.2 Å². The third-order valence-electron chi connectivity index (χ3n) is 3.57. The van der Waals surface area contributed by atoms with Gasteiger partial charge in [0.25, 0.3) is 5.56 Å². The molecule has 0 fully saturated rings. The van der Waals surface area contributed by atoms with Crippen molar-refractivity contribution < 1.29 is 4.39 Å². The predicted molar refractivity (Wildman–Crippen MR) is 88.9 cm³/mol. The first-order valence-corrected chi connectivity index (χ1v) is 7.25. The number of halogens is 1. The molecule has 124 valence electrons. The van der Waals surface area contributed by atoms with Crippen LogP contribution in [-0.4, -0.2) is 25.3 Å². The van der Waals surface area contributed by atoms with Crippen molar-refractivity contribution in [3.05, 3.63) is 56.5 Å². The number of hydrazone groups is 1. The van der Waals surface area contributed by atoms with Gasteiger partial charge in [-0.1, -0.05) is 12.1 Å². The first-order valence-electron chi connectivity index (χ1n) is 7.25. The normalized spacial score (nSPS) is 11.5. The number of fused-ring (bicyclic) bond motifs is 1. The second-order valence-electron chi connectivity index (χ2n) is 5.09. The van der Waals surface area contributed by atoms with Crippen molar-refractivity contribution in [3.8, 4) is 0 Å². The Hall–Kier alpha value is -3.23. The summed E-state index contributed by atoms with van der Waals surface area (Å²) in [6.07, 6.45) is 1.50. The SMILES string of the molecule is CCn1c(N/N=C\c2ccc(F)cc2)nc2c1c(=O)[nH]c(=O)n2C. The number of hydrogen-bond donors (Lipinski definition) is 2. The van der Waals surface area contributed by atoms with E-state index >= 15 is 0 Å². The number of nitrogens with zero attached hydrogens (tertiary/aromatic N) is 4.